The molecule has 0 unspecified atom stereocenters. The SMILES string of the molecule is CCCCCCCCCC(=O)O.O=C1CCCCCCCCCCC1. The van der Waals surface area contributed by atoms with Gasteiger partial charge >= 0.3 is 5.97 Å². The van der Waals surface area contributed by atoms with Crippen LogP contribution < -0.4 is 0 Å². The maximum absolute atomic E-state index is 11.3. The minimum absolute atomic E-state index is 0.341. The van der Waals surface area contributed by atoms with Gasteiger partial charge in [-0.25, -0.2) is 0 Å². The molecular weight excluding hydrogens is 312 g/mol. The summed E-state index contributed by atoms with van der Waals surface area (Å²) in [5, 5.41) is 8.35. The van der Waals surface area contributed by atoms with Crippen molar-refractivity contribution < 1.29 is 14.7 Å². The molecule has 25 heavy (non-hydrogen) atoms. The molecule has 0 atom stereocenters. The van der Waals surface area contributed by atoms with Gasteiger partial charge in [-0.05, 0) is 19.3 Å². The first-order valence-electron chi connectivity index (χ1n) is 10.9. The second-order valence-corrected chi connectivity index (χ2v) is 7.49. The normalized spacial score (nSPS) is 16.9. The highest BCUT2D eigenvalue weighted by molar-refractivity contribution is 5.78. The van der Waals surface area contributed by atoms with E-state index in [1.165, 1.54) is 77.0 Å². The smallest absolute Gasteiger partial charge is 0.303 e. The summed E-state index contributed by atoms with van der Waals surface area (Å²) in [4.78, 5) is 21.4. The third-order valence-corrected chi connectivity index (χ3v) is 4.91. The van der Waals surface area contributed by atoms with Crippen LogP contribution in [0.25, 0.3) is 0 Å². The number of unbranched alkanes of at least 4 members (excludes halogenated alkanes) is 6. The van der Waals surface area contributed by atoms with Crippen molar-refractivity contribution in [2.24, 2.45) is 0 Å². The summed E-state index contributed by atoms with van der Waals surface area (Å²) in [6.07, 6.45) is 22.0. The lowest BCUT2D eigenvalue weighted by Gasteiger charge is -2.05. The number of carbonyl (C=O) groups excluding carboxylic acids is 1. The summed E-state index contributed by atoms with van der Waals surface area (Å²) in [5.41, 5.74) is 0. The van der Waals surface area contributed by atoms with Gasteiger partial charge in [-0.15, -0.1) is 0 Å². The summed E-state index contributed by atoms with van der Waals surface area (Å²) in [7, 11) is 0. The molecular formula is C22H42O3. The highest BCUT2D eigenvalue weighted by atomic mass is 16.4. The van der Waals surface area contributed by atoms with Crippen molar-refractivity contribution in [2.45, 2.75) is 129 Å². The second kappa shape index (κ2) is 19.5. The fraction of sp³-hybridized carbons (Fsp3) is 0.909. The molecule has 3 nitrogen and oxygen atoms in total. The average molecular weight is 355 g/mol. The Morgan fingerprint density at radius 2 is 1.12 bits per heavy atom. The Morgan fingerprint density at radius 1 is 0.720 bits per heavy atom. The van der Waals surface area contributed by atoms with E-state index in [4.69, 9.17) is 5.11 Å². The number of rotatable bonds is 8. The number of carboxylic acid groups (broad SMARTS) is 1. The van der Waals surface area contributed by atoms with E-state index in [9.17, 15) is 9.59 Å². The quantitative estimate of drug-likeness (QED) is 0.474. The van der Waals surface area contributed by atoms with Crippen molar-refractivity contribution in [1.82, 2.24) is 0 Å². The van der Waals surface area contributed by atoms with Gasteiger partial charge in [0.15, 0.2) is 0 Å². The Kier molecular flexibility index (Phi) is 18.8. The van der Waals surface area contributed by atoms with Crippen molar-refractivity contribution >= 4 is 11.8 Å². The zero-order chi connectivity index (χ0) is 18.6. The molecule has 0 bridgehead atoms. The van der Waals surface area contributed by atoms with Gasteiger partial charge in [0.25, 0.3) is 0 Å². The zero-order valence-corrected chi connectivity index (χ0v) is 16.7. The van der Waals surface area contributed by atoms with Crippen LogP contribution in [-0.4, -0.2) is 16.9 Å². The van der Waals surface area contributed by atoms with Crippen LogP contribution >= 0.6 is 0 Å². The maximum Gasteiger partial charge on any atom is 0.303 e. The Morgan fingerprint density at radius 3 is 1.56 bits per heavy atom. The lowest BCUT2D eigenvalue weighted by Crippen LogP contribution is -1.98. The minimum atomic E-state index is -0.663. The summed E-state index contributed by atoms with van der Waals surface area (Å²) in [5.74, 6) is -0.163. The largest absolute Gasteiger partial charge is 0.481 e. The van der Waals surface area contributed by atoms with Gasteiger partial charge in [0, 0.05) is 19.3 Å². The van der Waals surface area contributed by atoms with Crippen LogP contribution in [0.15, 0.2) is 0 Å². The first-order chi connectivity index (χ1) is 12.2. The van der Waals surface area contributed by atoms with E-state index in [-0.39, 0.29) is 0 Å². The summed E-state index contributed by atoms with van der Waals surface area (Å²) >= 11 is 0. The van der Waals surface area contributed by atoms with Crippen LogP contribution in [-0.2, 0) is 9.59 Å². The fourth-order valence-electron chi connectivity index (χ4n) is 3.24. The minimum Gasteiger partial charge on any atom is -0.481 e. The van der Waals surface area contributed by atoms with Gasteiger partial charge in [-0.1, -0.05) is 90.4 Å². The van der Waals surface area contributed by atoms with Crippen molar-refractivity contribution in [1.29, 1.82) is 0 Å². The van der Waals surface area contributed by atoms with E-state index < -0.39 is 5.97 Å². The Labute approximate surface area is 156 Å². The number of ketones is 1. The summed E-state index contributed by atoms with van der Waals surface area (Å²) in [6.45, 7) is 2.20. The molecule has 1 rings (SSSR count). The van der Waals surface area contributed by atoms with Crippen molar-refractivity contribution in [3.05, 3.63) is 0 Å². The van der Waals surface area contributed by atoms with Crippen molar-refractivity contribution in [3.8, 4) is 0 Å². The molecule has 1 saturated carbocycles. The molecule has 0 aliphatic heterocycles. The predicted molar refractivity (Wildman–Crippen MR) is 106 cm³/mol. The average Bonchev–Trinajstić information content (AvgIpc) is 2.57. The molecule has 0 aromatic heterocycles. The van der Waals surface area contributed by atoms with E-state index in [0.717, 1.165) is 38.5 Å². The Bertz CT molecular complexity index is 298. The van der Waals surface area contributed by atoms with Crippen LogP contribution in [0.2, 0.25) is 0 Å². The number of aliphatic carboxylic acids is 1. The van der Waals surface area contributed by atoms with Gasteiger partial charge in [0.2, 0.25) is 0 Å². The molecule has 1 aliphatic rings. The Hall–Kier alpha value is -0.860. The molecule has 0 spiro atoms. The highest BCUT2D eigenvalue weighted by Crippen LogP contribution is 2.14. The second-order valence-electron chi connectivity index (χ2n) is 7.49. The van der Waals surface area contributed by atoms with Gasteiger partial charge < -0.3 is 5.11 Å². The fourth-order valence-corrected chi connectivity index (χ4v) is 3.24. The molecule has 0 aromatic carbocycles. The molecule has 1 N–H and O–H groups in total. The molecule has 148 valence electrons. The molecule has 0 radical (unpaired) electrons. The van der Waals surface area contributed by atoms with Crippen LogP contribution in [0.5, 0.6) is 0 Å². The monoisotopic (exact) mass is 354 g/mol. The van der Waals surface area contributed by atoms with Crippen molar-refractivity contribution in [3.63, 3.8) is 0 Å². The van der Waals surface area contributed by atoms with Gasteiger partial charge in [-0.3, -0.25) is 9.59 Å². The third-order valence-electron chi connectivity index (χ3n) is 4.91. The number of Topliss-reactive ketones (excluding diaryl/α,β-unsaturated/α-hetero) is 1. The molecule has 1 aliphatic carbocycles. The van der Waals surface area contributed by atoms with Gasteiger partial charge in [-0.2, -0.15) is 0 Å². The van der Waals surface area contributed by atoms with E-state index in [0.29, 0.717) is 12.2 Å². The lowest BCUT2D eigenvalue weighted by atomic mass is 10.0. The van der Waals surface area contributed by atoms with Crippen LogP contribution in [0.3, 0.4) is 0 Å². The number of hydrogen-bond acceptors (Lipinski definition) is 2. The topological polar surface area (TPSA) is 54.4 Å². The number of carboxylic acids is 1. The first-order valence-corrected chi connectivity index (χ1v) is 10.9. The van der Waals surface area contributed by atoms with E-state index in [1.54, 1.807) is 0 Å². The van der Waals surface area contributed by atoms with Crippen LogP contribution in [0.4, 0.5) is 0 Å². The number of hydrogen-bond donors (Lipinski definition) is 1. The standard InChI is InChI=1S/C12H22O.C10H20O2/c13-12-10-8-6-4-2-1-3-5-7-9-11-12;1-2-3-4-5-6-7-8-9-10(11)12/h1-11H2;2-9H2,1H3,(H,11,12). The van der Waals surface area contributed by atoms with E-state index >= 15 is 0 Å². The third kappa shape index (κ3) is 21.1. The molecule has 0 aromatic rings. The first kappa shape index (κ1) is 24.1. The molecule has 0 saturated heterocycles. The predicted octanol–water partition coefficient (Wildman–Crippen LogP) is 7.07. The van der Waals surface area contributed by atoms with Gasteiger partial charge in [0.1, 0.15) is 5.78 Å². The van der Waals surface area contributed by atoms with Crippen LogP contribution in [0, 0.1) is 0 Å². The molecule has 0 amide bonds. The zero-order valence-electron chi connectivity index (χ0n) is 16.7. The van der Waals surface area contributed by atoms with Gasteiger partial charge in [0.05, 0.1) is 0 Å². The number of carbonyl (C=O) groups is 2. The van der Waals surface area contributed by atoms with E-state index in [1.807, 2.05) is 0 Å². The summed E-state index contributed by atoms with van der Waals surface area (Å²) in [6, 6.07) is 0. The lowest BCUT2D eigenvalue weighted by molar-refractivity contribution is -0.137. The Balaban J connectivity index is 0.000000463. The molecule has 1 fully saturated rings. The molecule has 3 heteroatoms. The summed E-state index contributed by atoms with van der Waals surface area (Å²) < 4.78 is 0. The van der Waals surface area contributed by atoms with E-state index in [2.05, 4.69) is 6.92 Å². The van der Waals surface area contributed by atoms with Crippen LogP contribution in [0.1, 0.15) is 129 Å². The van der Waals surface area contributed by atoms with Crippen molar-refractivity contribution in [2.75, 3.05) is 0 Å². The maximum atomic E-state index is 11.3. The highest BCUT2D eigenvalue weighted by Gasteiger charge is 2.03. The molecule has 0 heterocycles.